The number of phenolic OH excluding ortho intramolecular Hbond substituents is 1. The Balaban J connectivity index is 1.55. The van der Waals surface area contributed by atoms with E-state index in [2.05, 4.69) is 11.9 Å². The van der Waals surface area contributed by atoms with Crippen LogP contribution in [0.2, 0.25) is 0 Å². The van der Waals surface area contributed by atoms with Crippen LogP contribution >= 0.6 is 0 Å². The minimum absolute atomic E-state index is 0.0443. The molecule has 11 heteroatoms. The Morgan fingerprint density at radius 3 is 2.34 bits per heavy atom. The molecule has 11 nitrogen and oxygen atoms in total. The topological polar surface area (TPSA) is 179 Å². The maximum Gasteiger partial charge on any atom is 0.235 e. The van der Waals surface area contributed by atoms with Crippen LogP contribution in [0.25, 0.3) is 0 Å². The van der Waals surface area contributed by atoms with Gasteiger partial charge in [0.15, 0.2) is 34.7 Å². The number of benzene rings is 1. The average Bonchev–Trinajstić information content (AvgIpc) is 2.90. The Labute approximate surface area is 238 Å². The number of Topliss-reactive ketones (excluding diaryl/α,β-unsaturated/α-hetero) is 4. The molecular weight excluding hydrogens is 530 g/mol. The molecule has 1 aromatic carbocycles. The number of primary amides is 1. The normalized spacial score (nSPS) is 36.2. The van der Waals surface area contributed by atoms with E-state index in [1.807, 2.05) is 0 Å². The highest BCUT2D eigenvalue weighted by molar-refractivity contribution is 6.32. The molecule has 222 valence electrons. The van der Waals surface area contributed by atoms with Crippen LogP contribution in [0.5, 0.6) is 5.75 Å². The Hall–Kier alpha value is -2.99. The fraction of sp³-hybridized carbons (Fsp3) is 0.633. The summed E-state index contributed by atoms with van der Waals surface area (Å²) in [4.78, 5) is 70.5. The quantitative estimate of drug-likeness (QED) is 0.343. The van der Waals surface area contributed by atoms with Crippen LogP contribution in [-0.2, 0) is 25.6 Å². The average molecular weight is 570 g/mol. The Bertz CT molecular complexity index is 1320. The van der Waals surface area contributed by atoms with Crippen LogP contribution in [-0.4, -0.2) is 106 Å². The largest absolute Gasteiger partial charge is 0.507 e. The van der Waals surface area contributed by atoms with Gasteiger partial charge in [0, 0.05) is 5.92 Å². The maximum atomic E-state index is 14.1. The summed E-state index contributed by atoms with van der Waals surface area (Å²) in [7, 11) is 5.02. The van der Waals surface area contributed by atoms with Gasteiger partial charge in [-0.05, 0) is 82.9 Å². The van der Waals surface area contributed by atoms with Gasteiger partial charge in [-0.3, -0.25) is 28.9 Å². The molecule has 8 atom stereocenters. The number of amides is 1. The van der Waals surface area contributed by atoms with Gasteiger partial charge in [0.05, 0.1) is 29.5 Å². The van der Waals surface area contributed by atoms with Gasteiger partial charge in [0.2, 0.25) is 5.91 Å². The van der Waals surface area contributed by atoms with E-state index in [1.54, 1.807) is 19.1 Å². The predicted molar refractivity (Wildman–Crippen MR) is 146 cm³/mol. The second-order valence-electron chi connectivity index (χ2n) is 12.7. The number of aryl methyl sites for hydroxylation is 1. The summed E-state index contributed by atoms with van der Waals surface area (Å²) < 4.78 is 0. The van der Waals surface area contributed by atoms with Gasteiger partial charge in [-0.2, -0.15) is 0 Å². The van der Waals surface area contributed by atoms with Crippen LogP contribution < -0.4 is 5.73 Å². The molecule has 8 unspecified atom stereocenters. The number of carbonyl (C=O) groups excluding carboxylic acids is 5. The fourth-order valence-electron chi connectivity index (χ4n) is 7.94. The zero-order chi connectivity index (χ0) is 30.1. The van der Waals surface area contributed by atoms with Gasteiger partial charge in [0.1, 0.15) is 5.75 Å². The minimum atomic E-state index is -2.99. The number of likely N-dealkylation sites (tertiary alicyclic amines) is 1. The Morgan fingerprint density at radius 1 is 1.12 bits per heavy atom. The molecule has 1 aliphatic heterocycles. The van der Waals surface area contributed by atoms with Crippen molar-refractivity contribution in [2.75, 3.05) is 34.2 Å². The van der Waals surface area contributed by atoms with Gasteiger partial charge in [0.25, 0.3) is 0 Å². The van der Waals surface area contributed by atoms with Crippen molar-refractivity contribution in [3.63, 3.8) is 0 Å². The molecule has 3 fully saturated rings. The SMILES string of the molecule is CC1c2ccc(CCC3CCN(C)CC3)c(O)c2C(=O)C2C(=O)C3(O)C(=O)C(C(N)=O)C(=O)C(N(C)C)C3C(O)C21. The first-order valence-corrected chi connectivity index (χ1v) is 14.3. The van der Waals surface area contributed by atoms with Crippen molar-refractivity contribution < 1.29 is 39.3 Å². The Kier molecular flexibility index (Phi) is 7.47. The second-order valence-corrected chi connectivity index (χ2v) is 12.7. The zero-order valence-electron chi connectivity index (χ0n) is 23.9. The van der Waals surface area contributed by atoms with E-state index >= 15 is 0 Å². The molecule has 1 aromatic rings. The summed E-state index contributed by atoms with van der Waals surface area (Å²) >= 11 is 0. The molecule has 0 radical (unpaired) electrons. The number of nitrogens with zero attached hydrogens (tertiary/aromatic N) is 2. The number of phenols is 1. The molecule has 0 bridgehead atoms. The van der Waals surface area contributed by atoms with Crippen LogP contribution in [0.1, 0.15) is 53.6 Å². The van der Waals surface area contributed by atoms with Gasteiger partial charge < -0.3 is 26.0 Å². The minimum Gasteiger partial charge on any atom is -0.507 e. The van der Waals surface area contributed by atoms with E-state index in [4.69, 9.17) is 5.73 Å². The number of hydrogen-bond acceptors (Lipinski definition) is 10. The smallest absolute Gasteiger partial charge is 0.235 e. The maximum absolute atomic E-state index is 14.1. The summed E-state index contributed by atoms with van der Waals surface area (Å²) in [5.74, 6) is -12.4. The van der Waals surface area contributed by atoms with E-state index in [1.165, 1.54) is 19.0 Å². The number of carbonyl (C=O) groups is 5. The van der Waals surface area contributed by atoms with E-state index in [9.17, 15) is 39.3 Å². The first-order valence-electron chi connectivity index (χ1n) is 14.3. The second kappa shape index (κ2) is 10.4. The van der Waals surface area contributed by atoms with Crippen LogP contribution in [0.15, 0.2) is 12.1 Å². The molecule has 41 heavy (non-hydrogen) atoms. The molecule has 1 heterocycles. The highest BCUT2D eigenvalue weighted by atomic mass is 16.3. The molecule has 2 saturated carbocycles. The molecule has 5 N–H and O–H groups in total. The summed E-state index contributed by atoms with van der Waals surface area (Å²) in [6.07, 6.45) is 1.83. The molecule has 1 saturated heterocycles. The standard InChI is InChI=1S/C30H39N3O8/c1-13-16-8-7-15(6-5-14-9-11-33(4)12-10-14)23(34)18(16)24(35)19-17(13)25(36)21-22(32(2)3)26(37)20(29(31)40)28(39)30(21,41)27(19)38/h7-8,13-14,17,19-22,25,34,36,41H,5-6,9-12H2,1-4H3,(H2,31,40). The van der Waals surface area contributed by atoms with E-state index < -0.39 is 76.4 Å². The highest BCUT2D eigenvalue weighted by Gasteiger charge is 2.72. The Morgan fingerprint density at radius 2 is 1.76 bits per heavy atom. The lowest BCUT2D eigenvalue weighted by atomic mass is 9.49. The third-order valence-corrected chi connectivity index (χ3v) is 10.2. The van der Waals surface area contributed by atoms with Crippen molar-refractivity contribution in [2.45, 2.75) is 56.3 Å². The van der Waals surface area contributed by atoms with Crippen molar-refractivity contribution in [3.8, 4) is 5.75 Å². The van der Waals surface area contributed by atoms with E-state index in [0.717, 1.165) is 32.4 Å². The first kappa shape index (κ1) is 29.5. The van der Waals surface area contributed by atoms with Gasteiger partial charge in [-0.15, -0.1) is 0 Å². The number of likely N-dealkylation sites (N-methyl/N-ethyl adjacent to an activating group) is 1. The fourth-order valence-corrected chi connectivity index (χ4v) is 7.94. The zero-order valence-corrected chi connectivity index (χ0v) is 23.9. The molecule has 4 aliphatic rings. The summed E-state index contributed by atoms with van der Waals surface area (Å²) in [5.41, 5.74) is 3.35. The molecular formula is C30H39N3O8. The molecule has 0 spiro atoms. The number of fused-ring (bicyclic) bond motifs is 3. The number of rotatable bonds is 5. The van der Waals surface area contributed by atoms with Crippen LogP contribution in [0, 0.1) is 29.6 Å². The number of hydrogen-bond donors (Lipinski definition) is 4. The lowest BCUT2D eigenvalue weighted by molar-refractivity contribution is -0.196. The summed E-state index contributed by atoms with van der Waals surface area (Å²) in [5, 5.41) is 34.7. The number of ketones is 4. The summed E-state index contributed by atoms with van der Waals surface area (Å²) in [6, 6.07) is 2.13. The first-order chi connectivity index (χ1) is 19.2. The van der Waals surface area contributed by atoms with Gasteiger partial charge in [-0.1, -0.05) is 19.1 Å². The van der Waals surface area contributed by atoms with Gasteiger partial charge in [-0.25, -0.2) is 0 Å². The van der Waals surface area contributed by atoms with E-state index in [0.29, 0.717) is 23.5 Å². The number of nitrogens with two attached hydrogens (primary N) is 1. The van der Waals surface area contributed by atoms with Crippen molar-refractivity contribution in [1.29, 1.82) is 0 Å². The van der Waals surface area contributed by atoms with Crippen molar-refractivity contribution in [2.24, 2.45) is 35.3 Å². The van der Waals surface area contributed by atoms with Crippen LogP contribution in [0.4, 0.5) is 0 Å². The number of piperidine rings is 1. The molecule has 1 amide bonds. The third-order valence-electron chi connectivity index (χ3n) is 10.2. The predicted octanol–water partition coefficient (Wildman–Crippen LogP) is -0.327. The van der Waals surface area contributed by atoms with Crippen molar-refractivity contribution in [3.05, 3.63) is 28.8 Å². The third kappa shape index (κ3) is 4.28. The summed E-state index contributed by atoms with van der Waals surface area (Å²) in [6.45, 7) is 3.72. The monoisotopic (exact) mass is 569 g/mol. The highest BCUT2D eigenvalue weighted by Crippen LogP contribution is 2.54. The molecule has 0 aromatic heterocycles. The van der Waals surface area contributed by atoms with Gasteiger partial charge >= 0.3 is 0 Å². The molecule has 5 rings (SSSR count). The number of aromatic hydroxyl groups is 1. The van der Waals surface area contributed by atoms with Crippen molar-refractivity contribution in [1.82, 2.24) is 9.80 Å². The van der Waals surface area contributed by atoms with E-state index in [-0.39, 0.29) is 11.3 Å². The van der Waals surface area contributed by atoms with Crippen molar-refractivity contribution >= 4 is 29.0 Å². The number of aliphatic hydroxyl groups is 2. The lowest BCUT2D eigenvalue weighted by Crippen LogP contribution is -2.77. The molecule has 3 aliphatic carbocycles. The van der Waals surface area contributed by atoms with Crippen LogP contribution in [0.3, 0.4) is 0 Å². The number of aliphatic hydroxyl groups excluding tert-OH is 1. The lowest BCUT2D eigenvalue weighted by Gasteiger charge is -2.56.